The monoisotopic (exact) mass is 299 g/mol. The number of hydrogen-bond donors (Lipinski definition) is 2. The van der Waals surface area contributed by atoms with Gasteiger partial charge in [0, 0.05) is 16.0 Å². The standard InChI is InChI=1S/C8H6BrN5OS/c9-4-1-5(7(10)11-2-4)12-8(15)6-3-16-14-13-6/h1-3H,(H2,10,11)(H,12,15). The van der Waals surface area contributed by atoms with E-state index in [9.17, 15) is 4.79 Å². The van der Waals surface area contributed by atoms with Gasteiger partial charge in [-0.05, 0) is 33.5 Å². The topological polar surface area (TPSA) is 93.8 Å². The fourth-order valence-corrected chi connectivity index (χ4v) is 1.77. The Morgan fingerprint density at radius 3 is 3.06 bits per heavy atom. The molecular weight excluding hydrogens is 294 g/mol. The van der Waals surface area contributed by atoms with Crippen molar-refractivity contribution in [3.63, 3.8) is 0 Å². The quantitative estimate of drug-likeness (QED) is 0.877. The molecule has 0 aromatic carbocycles. The number of nitrogens with two attached hydrogens (primary N) is 1. The maximum atomic E-state index is 11.6. The van der Waals surface area contributed by atoms with Crippen molar-refractivity contribution in [2.45, 2.75) is 0 Å². The van der Waals surface area contributed by atoms with Gasteiger partial charge in [-0.3, -0.25) is 4.79 Å². The fourth-order valence-electron chi connectivity index (χ4n) is 1.000. The van der Waals surface area contributed by atoms with Crippen LogP contribution in [0.2, 0.25) is 0 Å². The molecule has 0 atom stereocenters. The summed E-state index contributed by atoms with van der Waals surface area (Å²) >= 11 is 4.35. The molecule has 0 fully saturated rings. The fraction of sp³-hybridized carbons (Fsp3) is 0. The third-order valence-corrected chi connectivity index (χ3v) is 2.66. The Morgan fingerprint density at radius 1 is 1.56 bits per heavy atom. The maximum absolute atomic E-state index is 11.6. The number of nitrogens with one attached hydrogen (secondary N) is 1. The first kappa shape index (κ1) is 11.0. The van der Waals surface area contributed by atoms with Crippen LogP contribution in [0, 0.1) is 0 Å². The van der Waals surface area contributed by atoms with Crippen LogP contribution in [0.1, 0.15) is 10.5 Å². The number of pyridine rings is 1. The van der Waals surface area contributed by atoms with E-state index in [2.05, 4.69) is 35.8 Å². The van der Waals surface area contributed by atoms with Crippen molar-refractivity contribution in [1.29, 1.82) is 0 Å². The Morgan fingerprint density at radius 2 is 2.38 bits per heavy atom. The third kappa shape index (κ3) is 2.34. The summed E-state index contributed by atoms with van der Waals surface area (Å²) in [4.78, 5) is 15.5. The summed E-state index contributed by atoms with van der Waals surface area (Å²) in [6.07, 6.45) is 1.55. The van der Waals surface area contributed by atoms with Crippen LogP contribution in [0.3, 0.4) is 0 Å². The average molecular weight is 300 g/mol. The Labute approximate surface area is 103 Å². The van der Waals surface area contributed by atoms with Crippen molar-refractivity contribution in [2.24, 2.45) is 0 Å². The second kappa shape index (κ2) is 4.54. The van der Waals surface area contributed by atoms with Crippen molar-refractivity contribution < 1.29 is 4.79 Å². The van der Waals surface area contributed by atoms with Gasteiger partial charge in [-0.2, -0.15) is 0 Å². The van der Waals surface area contributed by atoms with E-state index in [1.807, 2.05) is 0 Å². The summed E-state index contributed by atoms with van der Waals surface area (Å²) in [7, 11) is 0. The molecule has 2 aromatic rings. The van der Waals surface area contributed by atoms with E-state index in [-0.39, 0.29) is 17.4 Å². The third-order valence-electron chi connectivity index (χ3n) is 1.73. The number of nitrogens with zero attached hydrogens (tertiary/aromatic N) is 3. The minimum absolute atomic E-state index is 0.250. The second-order valence-corrected chi connectivity index (χ2v) is 4.36. The summed E-state index contributed by atoms with van der Waals surface area (Å²) in [5.74, 6) is -0.111. The lowest BCUT2D eigenvalue weighted by Gasteiger charge is -2.05. The minimum Gasteiger partial charge on any atom is -0.382 e. The van der Waals surface area contributed by atoms with Crippen molar-refractivity contribution in [2.75, 3.05) is 11.1 Å². The minimum atomic E-state index is -0.361. The van der Waals surface area contributed by atoms with Crippen molar-refractivity contribution in [3.05, 3.63) is 27.8 Å². The van der Waals surface area contributed by atoms with Gasteiger partial charge in [0.25, 0.3) is 5.91 Å². The summed E-state index contributed by atoms with van der Waals surface area (Å²) < 4.78 is 4.33. The molecule has 8 heteroatoms. The van der Waals surface area contributed by atoms with Crippen LogP contribution in [-0.4, -0.2) is 20.5 Å². The number of nitrogen functional groups attached to an aromatic ring is 1. The van der Waals surface area contributed by atoms with Crippen LogP contribution in [0.25, 0.3) is 0 Å². The Hall–Kier alpha value is -1.54. The van der Waals surface area contributed by atoms with Gasteiger partial charge in [-0.1, -0.05) is 4.49 Å². The highest BCUT2D eigenvalue weighted by Crippen LogP contribution is 2.20. The van der Waals surface area contributed by atoms with Crippen molar-refractivity contribution >= 4 is 44.9 Å². The zero-order chi connectivity index (χ0) is 11.5. The molecule has 82 valence electrons. The molecular formula is C8H6BrN5OS. The lowest BCUT2D eigenvalue weighted by atomic mass is 10.3. The molecule has 0 spiro atoms. The molecule has 0 aliphatic carbocycles. The number of carbonyl (C=O) groups is 1. The van der Waals surface area contributed by atoms with Gasteiger partial charge < -0.3 is 11.1 Å². The zero-order valence-corrected chi connectivity index (χ0v) is 10.2. The Balaban J connectivity index is 2.21. The van der Waals surface area contributed by atoms with Gasteiger partial charge >= 0.3 is 0 Å². The number of hydrogen-bond acceptors (Lipinski definition) is 6. The van der Waals surface area contributed by atoms with Crippen LogP contribution in [0.4, 0.5) is 11.5 Å². The van der Waals surface area contributed by atoms with E-state index in [0.29, 0.717) is 5.69 Å². The van der Waals surface area contributed by atoms with E-state index in [1.54, 1.807) is 17.6 Å². The SMILES string of the molecule is Nc1ncc(Br)cc1NC(=O)c1csnn1. The van der Waals surface area contributed by atoms with Crippen molar-refractivity contribution in [3.8, 4) is 0 Å². The van der Waals surface area contributed by atoms with Gasteiger partial charge in [-0.25, -0.2) is 4.98 Å². The van der Waals surface area contributed by atoms with Gasteiger partial charge in [-0.15, -0.1) is 5.10 Å². The largest absolute Gasteiger partial charge is 0.382 e. The number of carbonyl (C=O) groups excluding carboxylic acids is 1. The molecule has 0 aliphatic rings. The summed E-state index contributed by atoms with van der Waals surface area (Å²) in [6.45, 7) is 0. The lowest BCUT2D eigenvalue weighted by molar-refractivity contribution is 0.102. The molecule has 0 bridgehead atoms. The van der Waals surface area contributed by atoms with Gasteiger partial charge in [0.05, 0.1) is 5.69 Å². The van der Waals surface area contributed by atoms with Crippen LogP contribution < -0.4 is 11.1 Å². The van der Waals surface area contributed by atoms with E-state index in [1.165, 1.54) is 0 Å². The van der Waals surface area contributed by atoms with E-state index < -0.39 is 0 Å². The first-order valence-corrected chi connectivity index (χ1v) is 5.79. The molecule has 2 aromatic heterocycles. The Kier molecular flexibility index (Phi) is 3.11. The predicted molar refractivity (Wildman–Crippen MR) is 64.2 cm³/mol. The van der Waals surface area contributed by atoms with E-state index >= 15 is 0 Å². The Bertz CT molecular complexity index is 515. The van der Waals surface area contributed by atoms with Crippen LogP contribution in [0.5, 0.6) is 0 Å². The highest BCUT2D eigenvalue weighted by atomic mass is 79.9. The molecule has 0 saturated carbocycles. The smallest absolute Gasteiger partial charge is 0.277 e. The molecule has 6 nitrogen and oxygen atoms in total. The summed E-state index contributed by atoms with van der Waals surface area (Å²) in [6, 6.07) is 1.67. The molecule has 2 heterocycles. The number of rotatable bonds is 2. The summed E-state index contributed by atoms with van der Waals surface area (Å²) in [5.41, 5.74) is 6.30. The van der Waals surface area contributed by atoms with E-state index in [0.717, 1.165) is 16.0 Å². The average Bonchev–Trinajstić information content (AvgIpc) is 2.76. The van der Waals surface area contributed by atoms with Crippen LogP contribution >= 0.6 is 27.5 Å². The number of anilines is 2. The van der Waals surface area contributed by atoms with Gasteiger partial charge in [0.15, 0.2) is 5.69 Å². The molecule has 0 aliphatic heterocycles. The number of halogens is 1. The highest BCUT2D eigenvalue weighted by molar-refractivity contribution is 9.10. The summed E-state index contributed by atoms with van der Waals surface area (Å²) in [5, 5.41) is 7.80. The van der Waals surface area contributed by atoms with Crippen molar-refractivity contribution in [1.82, 2.24) is 14.6 Å². The first-order chi connectivity index (χ1) is 7.66. The van der Waals surface area contributed by atoms with Gasteiger partial charge in [0.1, 0.15) is 5.82 Å². The predicted octanol–water partition coefficient (Wildman–Crippen LogP) is 1.53. The normalized spacial score (nSPS) is 10.1. The van der Waals surface area contributed by atoms with Crippen LogP contribution in [-0.2, 0) is 0 Å². The second-order valence-electron chi connectivity index (χ2n) is 2.83. The lowest BCUT2D eigenvalue weighted by Crippen LogP contribution is -2.14. The molecule has 16 heavy (non-hydrogen) atoms. The zero-order valence-electron chi connectivity index (χ0n) is 7.85. The first-order valence-electron chi connectivity index (χ1n) is 4.16. The van der Waals surface area contributed by atoms with Crippen LogP contribution in [0.15, 0.2) is 22.1 Å². The van der Waals surface area contributed by atoms with Gasteiger partial charge in [0.2, 0.25) is 0 Å². The molecule has 2 rings (SSSR count). The number of amides is 1. The molecule has 0 unspecified atom stereocenters. The highest BCUT2D eigenvalue weighted by Gasteiger charge is 2.11. The van der Waals surface area contributed by atoms with E-state index in [4.69, 9.17) is 5.73 Å². The molecule has 0 radical (unpaired) electrons. The number of aromatic nitrogens is 3. The molecule has 3 N–H and O–H groups in total. The maximum Gasteiger partial charge on any atom is 0.277 e. The molecule has 1 amide bonds. The molecule has 0 saturated heterocycles.